The van der Waals surface area contributed by atoms with E-state index in [0.717, 1.165) is 5.56 Å². The summed E-state index contributed by atoms with van der Waals surface area (Å²) >= 11 is 0. The van der Waals surface area contributed by atoms with E-state index in [1.165, 1.54) is 12.5 Å². The van der Waals surface area contributed by atoms with Gasteiger partial charge in [-0.1, -0.05) is 0 Å². The van der Waals surface area contributed by atoms with E-state index < -0.39 is 0 Å². The van der Waals surface area contributed by atoms with Crippen molar-refractivity contribution in [1.29, 1.82) is 0 Å². The van der Waals surface area contributed by atoms with Gasteiger partial charge < -0.3 is 15.3 Å². The highest BCUT2D eigenvalue weighted by Gasteiger charge is 2.03. The predicted octanol–water partition coefficient (Wildman–Crippen LogP) is 0.694. The zero-order valence-electron chi connectivity index (χ0n) is 5.36. The zero-order chi connectivity index (χ0) is 6.69. The van der Waals surface area contributed by atoms with Crippen LogP contribution in [0.2, 0.25) is 0 Å². The van der Waals surface area contributed by atoms with Gasteiger partial charge in [0.05, 0.1) is 25.2 Å². The fraction of sp³-hybridized carbons (Fsp3) is 0.333. The summed E-state index contributed by atoms with van der Waals surface area (Å²) < 4.78 is 4.75. The van der Waals surface area contributed by atoms with E-state index in [4.69, 9.17) is 15.3 Å². The first-order valence-corrected chi connectivity index (χ1v) is 2.73. The maximum absolute atomic E-state index is 8.54. The summed E-state index contributed by atoms with van der Waals surface area (Å²) in [6.07, 6.45) is 3.06. The van der Waals surface area contributed by atoms with E-state index >= 15 is 0 Å². The Morgan fingerprint density at radius 2 is 2.40 bits per heavy atom. The van der Waals surface area contributed by atoms with Crippen LogP contribution in [0.1, 0.15) is 11.6 Å². The summed E-state index contributed by atoms with van der Waals surface area (Å²) in [5.41, 5.74) is 6.26. The van der Waals surface area contributed by atoms with E-state index in [2.05, 4.69) is 0 Å². The van der Waals surface area contributed by atoms with Gasteiger partial charge in [0.15, 0.2) is 0 Å². The summed E-state index contributed by atoms with van der Waals surface area (Å²) in [6.45, 7) is -0.0421. The van der Waals surface area contributed by atoms with Crippen LogP contribution in [0.15, 0.2) is 23.0 Å². The first-order chi connectivity index (χ1) is 4.34. The standard InChI is InChI=1S/C6H9NO2.ClH/c7-6(3-8)5-1-2-9-4-5;/h1-2,4,6,8H,3,7H2;1H/t6-;/m0./s1. The Bertz CT molecular complexity index is 164. The largest absolute Gasteiger partial charge is 0.472 e. The van der Waals surface area contributed by atoms with Crippen molar-refractivity contribution < 1.29 is 9.52 Å². The molecular weight excluding hydrogens is 154 g/mol. The van der Waals surface area contributed by atoms with E-state index in [0.29, 0.717) is 0 Å². The molecule has 1 rings (SSSR count). The number of hydrogen-bond acceptors (Lipinski definition) is 3. The summed E-state index contributed by atoms with van der Waals surface area (Å²) in [6, 6.07) is 1.43. The second-order valence-electron chi connectivity index (χ2n) is 1.85. The molecule has 1 atom stereocenters. The Morgan fingerprint density at radius 1 is 1.70 bits per heavy atom. The highest BCUT2D eigenvalue weighted by molar-refractivity contribution is 5.85. The summed E-state index contributed by atoms with van der Waals surface area (Å²) in [4.78, 5) is 0. The van der Waals surface area contributed by atoms with Crippen molar-refractivity contribution in [2.24, 2.45) is 5.73 Å². The van der Waals surface area contributed by atoms with E-state index in [9.17, 15) is 0 Å². The van der Waals surface area contributed by atoms with Gasteiger partial charge in [-0.2, -0.15) is 0 Å². The van der Waals surface area contributed by atoms with Crippen LogP contribution in [-0.2, 0) is 0 Å². The average Bonchev–Trinajstić information content (AvgIpc) is 2.37. The molecular formula is C6H10ClNO2. The van der Waals surface area contributed by atoms with E-state index in [-0.39, 0.29) is 25.1 Å². The van der Waals surface area contributed by atoms with Crippen LogP contribution in [0, 0.1) is 0 Å². The van der Waals surface area contributed by atoms with Crippen LogP contribution in [0.3, 0.4) is 0 Å². The molecule has 4 heteroatoms. The Labute approximate surface area is 65.2 Å². The number of furan rings is 1. The van der Waals surface area contributed by atoms with Gasteiger partial charge in [-0.15, -0.1) is 12.4 Å². The molecule has 10 heavy (non-hydrogen) atoms. The number of nitrogens with two attached hydrogens (primary N) is 1. The highest BCUT2D eigenvalue weighted by Crippen LogP contribution is 2.08. The van der Waals surface area contributed by atoms with Gasteiger partial charge in [0, 0.05) is 5.56 Å². The summed E-state index contributed by atoms with van der Waals surface area (Å²) in [5, 5.41) is 8.54. The van der Waals surface area contributed by atoms with E-state index in [1.807, 2.05) is 0 Å². The van der Waals surface area contributed by atoms with Crippen molar-refractivity contribution in [2.45, 2.75) is 6.04 Å². The maximum Gasteiger partial charge on any atom is 0.0951 e. The third kappa shape index (κ3) is 2.02. The van der Waals surface area contributed by atoms with Crippen LogP contribution in [0.4, 0.5) is 0 Å². The van der Waals surface area contributed by atoms with Crippen molar-refractivity contribution in [3.63, 3.8) is 0 Å². The van der Waals surface area contributed by atoms with Crippen LogP contribution in [-0.4, -0.2) is 11.7 Å². The molecule has 1 aromatic heterocycles. The number of aliphatic hydroxyl groups excluding tert-OH is 1. The quantitative estimate of drug-likeness (QED) is 0.675. The van der Waals surface area contributed by atoms with Crippen LogP contribution in [0.5, 0.6) is 0 Å². The van der Waals surface area contributed by atoms with Gasteiger partial charge in [-0.05, 0) is 6.07 Å². The molecule has 0 aliphatic heterocycles. The Morgan fingerprint density at radius 3 is 2.80 bits per heavy atom. The summed E-state index contributed by atoms with van der Waals surface area (Å²) in [7, 11) is 0. The molecule has 1 aromatic rings. The third-order valence-corrected chi connectivity index (χ3v) is 1.17. The van der Waals surface area contributed by atoms with Crippen molar-refractivity contribution >= 4 is 12.4 Å². The average molecular weight is 164 g/mol. The topological polar surface area (TPSA) is 59.4 Å². The first kappa shape index (κ1) is 9.49. The molecule has 0 amide bonds. The molecule has 0 saturated heterocycles. The van der Waals surface area contributed by atoms with Gasteiger partial charge in [0.1, 0.15) is 0 Å². The second kappa shape index (κ2) is 4.33. The van der Waals surface area contributed by atoms with E-state index in [1.54, 1.807) is 6.07 Å². The number of halogens is 1. The lowest BCUT2D eigenvalue weighted by Gasteiger charge is -2.01. The van der Waals surface area contributed by atoms with Gasteiger partial charge in [-0.25, -0.2) is 0 Å². The van der Waals surface area contributed by atoms with Crippen molar-refractivity contribution in [2.75, 3.05) is 6.61 Å². The van der Waals surface area contributed by atoms with Crippen LogP contribution >= 0.6 is 12.4 Å². The molecule has 0 radical (unpaired) electrons. The van der Waals surface area contributed by atoms with Gasteiger partial charge >= 0.3 is 0 Å². The van der Waals surface area contributed by atoms with Crippen LogP contribution in [0.25, 0.3) is 0 Å². The molecule has 0 aliphatic carbocycles. The normalized spacial score (nSPS) is 12.2. The minimum absolute atomic E-state index is 0. The Hall–Kier alpha value is -0.510. The fourth-order valence-electron chi connectivity index (χ4n) is 0.591. The number of aliphatic hydroxyl groups is 1. The fourth-order valence-corrected chi connectivity index (χ4v) is 0.591. The SMILES string of the molecule is Cl.N[C@@H](CO)c1ccoc1. The molecule has 0 bridgehead atoms. The van der Waals surface area contributed by atoms with Gasteiger partial charge in [0.25, 0.3) is 0 Å². The molecule has 0 spiro atoms. The lowest BCUT2D eigenvalue weighted by molar-refractivity contribution is 0.267. The molecule has 1 heterocycles. The van der Waals surface area contributed by atoms with Gasteiger partial charge in [0.2, 0.25) is 0 Å². The minimum Gasteiger partial charge on any atom is -0.472 e. The first-order valence-electron chi connectivity index (χ1n) is 2.73. The van der Waals surface area contributed by atoms with Crippen molar-refractivity contribution in [3.8, 4) is 0 Å². The molecule has 58 valence electrons. The summed E-state index contributed by atoms with van der Waals surface area (Å²) in [5.74, 6) is 0. The molecule has 0 unspecified atom stereocenters. The second-order valence-corrected chi connectivity index (χ2v) is 1.85. The number of hydrogen-bond donors (Lipinski definition) is 2. The predicted molar refractivity (Wildman–Crippen MR) is 40.0 cm³/mol. The Kier molecular flexibility index (Phi) is 4.11. The molecule has 0 aromatic carbocycles. The molecule has 0 fully saturated rings. The smallest absolute Gasteiger partial charge is 0.0951 e. The molecule has 3 N–H and O–H groups in total. The van der Waals surface area contributed by atoms with Crippen molar-refractivity contribution in [3.05, 3.63) is 24.2 Å². The zero-order valence-corrected chi connectivity index (χ0v) is 6.17. The Balaban J connectivity index is 0.000000810. The molecule has 0 aliphatic rings. The third-order valence-electron chi connectivity index (χ3n) is 1.17. The maximum atomic E-state index is 8.54. The molecule has 3 nitrogen and oxygen atoms in total. The molecule has 0 saturated carbocycles. The lowest BCUT2D eigenvalue weighted by Crippen LogP contribution is -2.13. The van der Waals surface area contributed by atoms with Gasteiger partial charge in [-0.3, -0.25) is 0 Å². The van der Waals surface area contributed by atoms with Crippen molar-refractivity contribution in [1.82, 2.24) is 0 Å². The number of rotatable bonds is 2. The monoisotopic (exact) mass is 163 g/mol. The lowest BCUT2D eigenvalue weighted by atomic mass is 10.2. The highest BCUT2D eigenvalue weighted by atomic mass is 35.5. The van der Waals surface area contributed by atoms with Crippen LogP contribution < -0.4 is 5.73 Å². The minimum atomic E-state index is -0.302.